The molecular formula is C14H21NO4. The van der Waals surface area contributed by atoms with Crippen LogP contribution in [0.2, 0.25) is 0 Å². The number of piperidine rings is 1. The molecule has 1 amide bonds. The maximum Gasteiger partial charge on any atom is 0.307 e. The van der Waals surface area contributed by atoms with Crippen LogP contribution in [-0.2, 0) is 9.59 Å². The first-order valence-corrected chi connectivity index (χ1v) is 7.25. The van der Waals surface area contributed by atoms with Crippen LogP contribution < -0.4 is 0 Å². The summed E-state index contributed by atoms with van der Waals surface area (Å²) in [5.41, 5.74) is -0.579. The van der Waals surface area contributed by atoms with E-state index in [2.05, 4.69) is 0 Å². The summed E-state index contributed by atoms with van der Waals surface area (Å²) in [6, 6.07) is 0. The number of carboxylic acid groups (broad SMARTS) is 1. The third-order valence-electron chi connectivity index (χ3n) is 5.16. The average Bonchev–Trinajstić information content (AvgIpc) is 3.17. The average molecular weight is 267 g/mol. The molecule has 0 radical (unpaired) electrons. The van der Waals surface area contributed by atoms with E-state index in [0.29, 0.717) is 25.9 Å². The summed E-state index contributed by atoms with van der Waals surface area (Å²) >= 11 is 0. The van der Waals surface area contributed by atoms with Crippen LogP contribution in [0.25, 0.3) is 0 Å². The molecule has 4 atom stereocenters. The van der Waals surface area contributed by atoms with E-state index in [1.54, 1.807) is 4.90 Å². The van der Waals surface area contributed by atoms with E-state index in [4.69, 9.17) is 5.11 Å². The van der Waals surface area contributed by atoms with Crippen molar-refractivity contribution in [3.05, 3.63) is 0 Å². The van der Waals surface area contributed by atoms with Gasteiger partial charge in [0.2, 0.25) is 5.91 Å². The molecule has 1 aliphatic heterocycles. The number of aliphatic hydroxyl groups is 1. The van der Waals surface area contributed by atoms with Crippen LogP contribution in [0.5, 0.6) is 0 Å². The Kier molecular flexibility index (Phi) is 3.04. The summed E-state index contributed by atoms with van der Waals surface area (Å²) < 4.78 is 0. The summed E-state index contributed by atoms with van der Waals surface area (Å²) in [6.45, 7) is 1.19. The second-order valence-corrected chi connectivity index (χ2v) is 6.37. The van der Waals surface area contributed by atoms with Gasteiger partial charge in [0.05, 0.1) is 17.4 Å². The van der Waals surface area contributed by atoms with Crippen LogP contribution in [-0.4, -0.2) is 45.7 Å². The summed E-state index contributed by atoms with van der Waals surface area (Å²) in [6.07, 6.45) is 5.16. The lowest BCUT2D eigenvalue weighted by molar-refractivity contribution is -0.148. The molecule has 0 aromatic rings. The monoisotopic (exact) mass is 267 g/mol. The molecule has 2 unspecified atom stereocenters. The SMILES string of the molecule is O=C(O)[C@H]1C[C@H]1C(=O)N1CCC2(O)CCCCC2C1. The fourth-order valence-electron chi connectivity index (χ4n) is 3.75. The quantitative estimate of drug-likeness (QED) is 0.778. The minimum absolute atomic E-state index is 0.0139. The van der Waals surface area contributed by atoms with Gasteiger partial charge in [0, 0.05) is 19.0 Å². The van der Waals surface area contributed by atoms with Crippen molar-refractivity contribution in [2.45, 2.75) is 44.1 Å². The van der Waals surface area contributed by atoms with Gasteiger partial charge in [-0.1, -0.05) is 12.8 Å². The lowest BCUT2D eigenvalue weighted by atomic mass is 9.71. The fraction of sp³-hybridized carbons (Fsp3) is 0.857. The second-order valence-electron chi connectivity index (χ2n) is 6.37. The second kappa shape index (κ2) is 4.47. The van der Waals surface area contributed by atoms with E-state index >= 15 is 0 Å². The summed E-state index contributed by atoms with van der Waals surface area (Å²) in [5.74, 6) is -1.47. The summed E-state index contributed by atoms with van der Waals surface area (Å²) in [5, 5.41) is 19.4. The van der Waals surface area contributed by atoms with Gasteiger partial charge in [0.25, 0.3) is 0 Å². The number of amides is 1. The Labute approximate surface area is 112 Å². The third-order valence-corrected chi connectivity index (χ3v) is 5.16. The molecular weight excluding hydrogens is 246 g/mol. The Morgan fingerprint density at radius 3 is 2.63 bits per heavy atom. The van der Waals surface area contributed by atoms with Gasteiger partial charge in [-0.3, -0.25) is 9.59 Å². The normalized spacial score (nSPS) is 41.5. The van der Waals surface area contributed by atoms with Crippen molar-refractivity contribution in [3.63, 3.8) is 0 Å². The number of carbonyl (C=O) groups is 2. The fourth-order valence-corrected chi connectivity index (χ4v) is 3.75. The molecule has 106 valence electrons. The first-order chi connectivity index (χ1) is 9.01. The van der Waals surface area contributed by atoms with E-state index in [1.165, 1.54) is 0 Å². The van der Waals surface area contributed by atoms with Crippen molar-refractivity contribution in [1.29, 1.82) is 0 Å². The van der Waals surface area contributed by atoms with E-state index in [1.807, 2.05) is 0 Å². The number of aliphatic carboxylic acids is 1. The zero-order valence-electron chi connectivity index (χ0n) is 11.0. The smallest absolute Gasteiger partial charge is 0.307 e. The third kappa shape index (κ3) is 2.24. The predicted octanol–water partition coefficient (Wildman–Crippen LogP) is 0.861. The molecule has 5 nitrogen and oxygen atoms in total. The molecule has 3 fully saturated rings. The molecule has 1 heterocycles. The van der Waals surface area contributed by atoms with E-state index in [9.17, 15) is 14.7 Å². The zero-order valence-corrected chi connectivity index (χ0v) is 11.0. The van der Waals surface area contributed by atoms with Crippen molar-refractivity contribution in [1.82, 2.24) is 4.90 Å². The van der Waals surface area contributed by atoms with Gasteiger partial charge in [-0.25, -0.2) is 0 Å². The highest BCUT2D eigenvalue weighted by Gasteiger charge is 2.52. The van der Waals surface area contributed by atoms with Crippen molar-refractivity contribution in [2.24, 2.45) is 17.8 Å². The van der Waals surface area contributed by atoms with Crippen LogP contribution in [0, 0.1) is 17.8 Å². The highest BCUT2D eigenvalue weighted by Crippen LogP contribution is 2.44. The van der Waals surface area contributed by atoms with Crippen molar-refractivity contribution < 1.29 is 19.8 Å². The van der Waals surface area contributed by atoms with Crippen LogP contribution in [0.1, 0.15) is 38.5 Å². The Morgan fingerprint density at radius 2 is 1.95 bits per heavy atom. The number of nitrogens with zero attached hydrogens (tertiary/aromatic N) is 1. The number of hydrogen-bond donors (Lipinski definition) is 2. The van der Waals surface area contributed by atoms with Crippen molar-refractivity contribution >= 4 is 11.9 Å². The standard InChI is InChI=1S/C14H21NO4/c16-12(10-7-11(10)13(17)18)15-6-5-14(19)4-2-1-3-9(14)8-15/h9-11,19H,1-8H2,(H,17,18)/t9?,10-,11+,14?/m1/s1. The van der Waals surface area contributed by atoms with E-state index < -0.39 is 17.5 Å². The van der Waals surface area contributed by atoms with E-state index in [0.717, 1.165) is 25.7 Å². The lowest BCUT2D eigenvalue weighted by Crippen LogP contribution is -2.55. The molecule has 2 N–H and O–H groups in total. The summed E-state index contributed by atoms with van der Waals surface area (Å²) in [7, 11) is 0. The van der Waals surface area contributed by atoms with Gasteiger partial charge in [-0.05, 0) is 25.7 Å². The highest BCUT2D eigenvalue weighted by molar-refractivity contribution is 5.89. The van der Waals surface area contributed by atoms with Gasteiger partial charge >= 0.3 is 5.97 Å². The molecule has 1 saturated heterocycles. The largest absolute Gasteiger partial charge is 0.481 e. The van der Waals surface area contributed by atoms with Crippen LogP contribution in [0.3, 0.4) is 0 Å². The Morgan fingerprint density at radius 1 is 1.16 bits per heavy atom. The molecule has 0 aromatic carbocycles. The van der Waals surface area contributed by atoms with Crippen LogP contribution in [0.15, 0.2) is 0 Å². The number of fused-ring (bicyclic) bond motifs is 1. The van der Waals surface area contributed by atoms with Gasteiger partial charge in [-0.2, -0.15) is 0 Å². The first kappa shape index (κ1) is 12.9. The van der Waals surface area contributed by atoms with Crippen molar-refractivity contribution in [3.8, 4) is 0 Å². The van der Waals surface area contributed by atoms with Gasteiger partial charge < -0.3 is 15.1 Å². The molecule has 0 aromatic heterocycles. The maximum absolute atomic E-state index is 12.2. The molecule has 3 aliphatic rings. The van der Waals surface area contributed by atoms with Crippen molar-refractivity contribution in [2.75, 3.05) is 13.1 Å². The van der Waals surface area contributed by atoms with Gasteiger partial charge in [0.1, 0.15) is 0 Å². The Hall–Kier alpha value is -1.10. The van der Waals surface area contributed by atoms with Gasteiger partial charge in [0.15, 0.2) is 0 Å². The minimum Gasteiger partial charge on any atom is -0.481 e. The minimum atomic E-state index is -0.857. The number of likely N-dealkylation sites (tertiary alicyclic amines) is 1. The molecule has 0 spiro atoms. The Balaban J connectivity index is 1.62. The van der Waals surface area contributed by atoms with Gasteiger partial charge in [-0.15, -0.1) is 0 Å². The Bertz CT molecular complexity index is 410. The van der Waals surface area contributed by atoms with Crippen LogP contribution in [0.4, 0.5) is 0 Å². The predicted molar refractivity (Wildman–Crippen MR) is 67.3 cm³/mol. The first-order valence-electron chi connectivity index (χ1n) is 7.25. The number of rotatable bonds is 2. The molecule has 0 bridgehead atoms. The maximum atomic E-state index is 12.2. The van der Waals surface area contributed by atoms with E-state index in [-0.39, 0.29) is 17.7 Å². The molecule has 3 rings (SSSR count). The number of carboxylic acids is 1. The number of hydrogen-bond acceptors (Lipinski definition) is 3. The summed E-state index contributed by atoms with van der Waals surface area (Å²) in [4.78, 5) is 24.9. The highest BCUT2D eigenvalue weighted by atomic mass is 16.4. The molecule has 5 heteroatoms. The molecule has 2 saturated carbocycles. The van der Waals surface area contributed by atoms with Crippen LogP contribution >= 0.6 is 0 Å². The topological polar surface area (TPSA) is 77.8 Å². The molecule has 19 heavy (non-hydrogen) atoms. The molecule has 2 aliphatic carbocycles. The lowest BCUT2D eigenvalue weighted by Gasteiger charge is -2.47. The zero-order chi connectivity index (χ0) is 13.6. The number of carbonyl (C=O) groups excluding carboxylic acids is 1.